The number of thioether (sulfide) groups is 1. The summed E-state index contributed by atoms with van der Waals surface area (Å²) in [4.78, 5) is 8.63. The highest BCUT2D eigenvalue weighted by Gasteiger charge is 2.18. The molecular formula is C12H21N3S. The lowest BCUT2D eigenvalue weighted by molar-refractivity contribution is 0.511. The maximum absolute atomic E-state index is 4.37. The number of hydrogen-bond donors (Lipinski definition) is 1. The normalized spacial score (nSPS) is 13.8. The first-order valence-corrected chi connectivity index (χ1v) is 6.75. The van der Waals surface area contributed by atoms with Crippen molar-refractivity contribution in [3.05, 3.63) is 23.8 Å². The molecule has 1 atom stereocenters. The van der Waals surface area contributed by atoms with Crippen molar-refractivity contribution < 1.29 is 0 Å². The summed E-state index contributed by atoms with van der Waals surface area (Å²) in [6.45, 7) is 9.57. The fourth-order valence-corrected chi connectivity index (χ4v) is 1.64. The van der Waals surface area contributed by atoms with E-state index in [2.05, 4.69) is 42.3 Å². The van der Waals surface area contributed by atoms with Crippen LogP contribution in [0.4, 0.5) is 0 Å². The molecule has 1 unspecified atom stereocenters. The van der Waals surface area contributed by atoms with Crippen LogP contribution < -0.4 is 5.32 Å². The Morgan fingerprint density at radius 3 is 2.56 bits per heavy atom. The minimum absolute atomic E-state index is 0.250. The summed E-state index contributed by atoms with van der Waals surface area (Å²) in [5.41, 5.74) is 2.05. The minimum Gasteiger partial charge on any atom is -0.307 e. The molecule has 4 heteroatoms. The van der Waals surface area contributed by atoms with Crippen LogP contribution in [0, 0.1) is 6.92 Å². The number of aromatic nitrogens is 2. The Morgan fingerprint density at radius 1 is 1.38 bits per heavy atom. The van der Waals surface area contributed by atoms with E-state index >= 15 is 0 Å². The molecule has 0 fully saturated rings. The van der Waals surface area contributed by atoms with E-state index in [9.17, 15) is 0 Å². The van der Waals surface area contributed by atoms with Crippen molar-refractivity contribution in [2.24, 2.45) is 0 Å². The van der Waals surface area contributed by atoms with Gasteiger partial charge in [0, 0.05) is 29.7 Å². The van der Waals surface area contributed by atoms with Crippen molar-refractivity contribution in [3.8, 4) is 0 Å². The maximum Gasteiger partial charge on any atom is 0.0782 e. The topological polar surface area (TPSA) is 37.8 Å². The lowest BCUT2D eigenvalue weighted by Gasteiger charge is -2.25. The van der Waals surface area contributed by atoms with E-state index in [1.165, 1.54) is 0 Å². The molecule has 0 aromatic carbocycles. The number of rotatable bonds is 5. The van der Waals surface area contributed by atoms with Gasteiger partial charge in [-0.1, -0.05) is 0 Å². The molecule has 0 saturated heterocycles. The van der Waals surface area contributed by atoms with Crippen LogP contribution in [-0.2, 0) is 0 Å². The van der Waals surface area contributed by atoms with E-state index in [1.807, 2.05) is 18.7 Å². The maximum atomic E-state index is 4.37. The van der Waals surface area contributed by atoms with Gasteiger partial charge in [0.2, 0.25) is 0 Å². The fraction of sp³-hybridized carbons (Fsp3) is 0.667. The Kier molecular flexibility index (Phi) is 4.74. The molecular weight excluding hydrogens is 218 g/mol. The predicted molar refractivity (Wildman–Crippen MR) is 70.8 cm³/mol. The van der Waals surface area contributed by atoms with Crippen LogP contribution in [0.15, 0.2) is 12.4 Å². The molecule has 0 bridgehead atoms. The standard InChI is InChI=1S/C12H21N3S/c1-9-11(14-7-6-13-9)10(2)15-8-12(3,4)16-5/h6-7,10,15H,8H2,1-5H3. The molecule has 1 heterocycles. The zero-order valence-electron chi connectivity index (χ0n) is 10.7. The summed E-state index contributed by atoms with van der Waals surface area (Å²) in [5.74, 6) is 0. The molecule has 0 aliphatic heterocycles. The van der Waals surface area contributed by atoms with Crippen LogP contribution in [0.3, 0.4) is 0 Å². The van der Waals surface area contributed by atoms with Gasteiger partial charge in [-0.15, -0.1) is 0 Å². The zero-order valence-corrected chi connectivity index (χ0v) is 11.6. The highest BCUT2D eigenvalue weighted by molar-refractivity contribution is 7.99. The highest BCUT2D eigenvalue weighted by atomic mass is 32.2. The summed E-state index contributed by atoms with van der Waals surface area (Å²) in [6, 6.07) is 0.250. The molecule has 0 radical (unpaired) electrons. The third-order valence-corrected chi connectivity index (χ3v) is 3.97. The fourth-order valence-electron chi connectivity index (χ4n) is 1.41. The lowest BCUT2D eigenvalue weighted by Crippen LogP contribution is -2.34. The smallest absolute Gasteiger partial charge is 0.0782 e. The van der Waals surface area contributed by atoms with Crippen LogP contribution in [0.2, 0.25) is 0 Å². The molecule has 3 nitrogen and oxygen atoms in total. The Hall–Kier alpha value is -0.610. The van der Waals surface area contributed by atoms with Crippen LogP contribution in [0.25, 0.3) is 0 Å². The van der Waals surface area contributed by atoms with E-state index in [0.29, 0.717) is 0 Å². The average molecular weight is 239 g/mol. The van der Waals surface area contributed by atoms with Crippen LogP contribution in [-0.4, -0.2) is 27.5 Å². The van der Waals surface area contributed by atoms with Gasteiger partial charge >= 0.3 is 0 Å². The molecule has 90 valence electrons. The molecule has 0 saturated carbocycles. The Morgan fingerprint density at radius 2 is 2.00 bits per heavy atom. The van der Waals surface area contributed by atoms with Gasteiger partial charge in [0.15, 0.2) is 0 Å². The molecule has 16 heavy (non-hydrogen) atoms. The van der Waals surface area contributed by atoms with Gasteiger partial charge < -0.3 is 5.32 Å². The Bertz CT molecular complexity index is 339. The molecule has 0 aliphatic carbocycles. The van der Waals surface area contributed by atoms with E-state index in [0.717, 1.165) is 17.9 Å². The first-order chi connectivity index (χ1) is 7.46. The zero-order chi connectivity index (χ0) is 12.2. The van der Waals surface area contributed by atoms with E-state index < -0.39 is 0 Å². The molecule has 0 aliphatic rings. The third-order valence-electron chi connectivity index (χ3n) is 2.72. The van der Waals surface area contributed by atoms with E-state index in [1.54, 1.807) is 12.4 Å². The Balaban J connectivity index is 2.60. The predicted octanol–water partition coefficient (Wildman–Crippen LogP) is 2.58. The average Bonchev–Trinajstić information content (AvgIpc) is 2.27. The number of aryl methyl sites for hydroxylation is 1. The molecule has 1 aromatic rings. The SMILES string of the molecule is CSC(C)(C)CNC(C)c1nccnc1C. The van der Waals surface area contributed by atoms with Crippen LogP contribution in [0.1, 0.15) is 38.2 Å². The molecule has 1 aromatic heterocycles. The first-order valence-electron chi connectivity index (χ1n) is 5.52. The quantitative estimate of drug-likeness (QED) is 0.857. The van der Waals surface area contributed by atoms with Gasteiger partial charge in [-0.25, -0.2) is 0 Å². The number of nitrogens with one attached hydrogen (secondary N) is 1. The van der Waals surface area contributed by atoms with Crippen LogP contribution >= 0.6 is 11.8 Å². The van der Waals surface area contributed by atoms with Crippen molar-refractivity contribution in [2.45, 2.75) is 38.5 Å². The highest BCUT2D eigenvalue weighted by Crippen LogP contribution is 2.21. The molecule has 1 rings (SSSR count). The van der Waals surface area contributed by atoms with Gasteiger partial charge in [-0.05, 0) is 34.0 Å². The van der Waals surface area contributed by atoms with Crippen LogP contribution in [0.5, 0.6) is 0 Å². The second-order valence-electron chi connectivity index (χ2n) is 4.59. The second kappa shape index (κ2) is 5.64. The van der Waals surface area contributed by atoms with E-state index in [-0.39, 0.29) is 10.8 Å². The summed E-state index contributed by atoms with van der Waals surface area (Å²) in [6.07, 6.45) is 5.62. The second-order valence-corrected chi connectivity index (χ2v) is 6.11. The largest absolute Gasteiger partial charge is 0.307 e. The Labute approximate surface area is 102 Å². The number of nitrogens with zero attached hydrogens (tertiary/aromatic N) is 2. The van der Waals surface area contributed by atoms with E-state index in [4.69, 9.17) is 0 Å². The van der Waals surface area contributed by atoms with Gasteiger partial charge in [0.05, 0.1) is 11.4 Å². The van der Waals surface area contributed by atoms with Gasteiger partial charge in [-0.3, -0.25) is 9.97 Å². The molecule has 0 spiro atoms. The number of hydrogen-bond acceptors (Lipinski definition) is 4. The lowest BCUT2D eigenvalue weighted by atomic mass is 10.1. The summed E-state index contributed by atoms with van der Waals surface area (Å²) < 4.78 is 0.254. The van der Waals surface area contributed by atoms with Crippen molar-refractivity contribution in [1.29, 1.82) is 0 Å². The first kappa shape index (κ1) is 13.5. The van der Waals surface area contributed by atoms with Crippen molar-refractivity contribution in [2.75, 3.05) is 12.8 Å². The molecule has 1 N–H and O–H groups in total. The third kappa shape index (κ3) is 3.76. The summed E-state index contributed by atoms with van der Waals surface area (Å²) in [5, 5.41) is 3.51. The van der Waals surface area contributed by atoms with Gasteiger partial charge in [0.1, 0.15) is 0 Å². The van der Waals surface area contributed by atoms with Crippen molar-refractivity contribution in [3.63, 3.8) is 0 Å². The van der Waals surface area contributed by atoms with Gasteiger partial charge in [-0.2, -0.15) is 11.8 Å². The molecule has 0 amide bonds. The minimum atomic E-state index is 0.250. The van der Waals surface area contributed by atoms with Crippen molar-refractivity contribution in [1.82, 2.24) is 15.3 Å². The summed E-state index contributed by atoms with van der Waals surface area (Å²) >= 11 is 1.87. The monoisotopic (exact) mass is 239 g/mol. The van der Waals surface area contributed by atoms with Crippen molar-refractivity contribution >= 4 is 11.8 Å². The van der Waals surface area contributed by atoms with Gasteiger partial charge in [0.25, 0.3) is 0 Å². The summed E-state index contributed by atoms with van der Waals surface area (Å²) in [7, 11) is 0.